The van der Waals surface area contributed by atoms with Gasteiger partial charge in [0.15, 0.2) is 5.78 Å². The molecule has 2 atom stereocenters. The highest BCUT2D eigenvalue weighted by molar-refractivity contribution is 5.97. The van der Waals surface area contributed by atoms with E-state index in [0.717, 1.165) is 23.2 Å². The van der Waals surface area contributed by atoms with Crippen molar-refractivity contribution in [3.63, 3.8) is 0 Å². The molecule has 0 spiro atoms. The van der Waals surface area contributed by atoms with Gasteiger partial charge in [0.2, 0.25) is 0 Å². The average molecular weight is 424 g/mol. The van der Waals surface area contributed by atoms with Crippen LogP contribution in [0.4, 0.5) is 0 Å². The van der Waals surface area contributed by atoms with Crippen LogP contribution in [0.1, 0.15) is 45.0 Å². The quantitative estimate of drug-likeness (QED) is 0.588. The molecule has 160 valence electrons. The molecule has 2 heterocycles. The van der Waals surface area contributed by atoms with Crippen molar-refractivity contribution >= 4 is 5.78 Å². The molecule has 0 amide bonds. The standard InChI is InChI=1S/C26H25N5O/c1-18-4-2-3-5-21(18)13-26(17-28)10-11-29-15-22(26)25(32)23-16-30-24(31-23)12-19-6-8-20(14-27)9-7-19/h2-9,16,22,29H,10-13,15H2,1H3,(H,30,31). The summed E-state index contributed by atoms with van der Waals surface area (Å²) in [5.41, 5.74) is 3.54. The number of piperidine rings is 1. The first-order valence-electron chi connectivity index (χ1n) is 10.8. The summed E-state index contributed by atoms with van der Waals surface area (Å²) >= 11 is 0. The van der Waals surface area contributed by atoms with Gasteiger partial charge in [-0.15, -0.1) is 0 Å². The smallest absolute Gasteiger partial charge is 0.186 e. The number of nitrogens with zero attached hydrogens (tertiary/aromatic N) is 3. The molecule has 1 aliphatic rings. The molecule has 32 heavy (non-hydrogen) atoms. The van der Waals surface area contributed by atoms with Gasteiger partial charge in [0.05, 0.1) is 35.2 Å². The van der Waals surface area contributed by atoms with Gasteiger partial charge in [-0.25, -0.2) is 4.98 Å². The first kappa shape index (κ1) is 21.5. The van der Waals surface area contributed by atoms with Gasteiger partial charge in [0.25, 0.3) is 0 Å². The number of hydrogen-bond acceptors (Lipinski definition) is 5. The molecule has 6 heteroatoms. The van der Waals surface area contributed by atoms with Gasteiger partial charge in [-0.3, -0.25) is 4.79 Å². The summed E-state index contributed by atoms with van der Waals surface area (Å²) in [5.74, 6) is 0.151. The fourth-order valence-corrected chi connectivity index (χ4v) is 4.46. The summed E-state index contributed by atoms with van der Waals surface area (Å²) in [7, 11) is 0. The summed E-state index contributed by atoms with van der Waals surface area (Å²) < 4.78 is 0. The van der Waals surface area contributed by atoms with Crippen molar-refractivity contribution in [1.29, 1.82) is 10.5 Å². The van der Waals surface area contributed by atoms with Crippen LogP contribution in [0.3, 0.4) is 0 Å². The summed E-state index contributed by atoms with van der Waals surface area (Å²) in [6, 6.07) is 20.0. The molecule has 1 aromatic heterocycles. The Bertz CT molecular complexity index is 1200. The topological polar surface area (TPSA) is 105 Å². The van der Waals surface area contributed by atoms with Crippen molar-refractivity contribution in [2.45, 2.75) is 26.2 Å². The van der Waals surface area contributed by atoms with E-state index in [0.29, 0.717) is 42.9 Å². The van der Waals surface area contributed by atoms with Crippen molar-refractivity contribution in [2.24, 2.45) is 11.3 Å². The number of benzene rings is 2. The van der Waals surface area contributed by atoms with E-state index in [9.17, 15) is 10.1 Å². The highest BCUT2D eigenvalue weighted by Gasteiger charge is 2.46. The maximum absolute atomic E-state index is 13.5. The second kappa shape index (κ2) is 9.18. The third kappa shape index (κ3) is 4.32. The van der Waals surface area contributed by atoms with E-state index in [1.54, 1.807) is 18.3 Å². The van der Waals surface area contributed by atoms with Gasteiger partial charge in [-0.05, 0) is 55.1 Å². The Morgan fingerprint density at radius 2 is 1.97 bits per heavy atom. The van der Waals surface area contributed by atoms with E-state index in [2.05, 4.69) is 27.4 Å². The maximum atomic E-state index is 13.5. The first-order chi connectivity index (χ1) is 15.5. The number of aryl methyl sites for hydroxylation is 1. The first-order valence-corrected chi connectivity index (χ1v) is 10.8. The number of Topliss-reactive ketones (excluding diaryl/α,β-unsaturated/α-hetero) is 1. The largest absolute Gasteiger partial charge is 0.339 e. The van der Waals surface area contributed by atoms with Crippen molar-refractivity contribution < 1.29 is 4.79 Å². The molecule has 4 rings (SSSR count). The Balaban J connectivity index is 1.56. The molecule has 1 aliphatic heterocycles. The molecule has 0 bridgehead atoms. The lowest BCUT2D eigenvalue weighted by molar-refractivity contribution is 0.0756. The van der Waals surface area contributed by atoms with Gasteiger partial charge in [0.1, 0.15) is 11.5 Å². The number of rotatable bonds is 6. The summed E-state index contributed by atoms with van der Waals surface area (Å²) in [4.78, 5) is 21.1. The van der Waals surface area contributed by atoms with E-state index in [1.807, 2.05) is 43.3 Å². The third-order valence-electron chi connectivity index (χ3n) is 6.42. The summed E-state index contributed by atoms with van der Waals surface area (Å²) in [5, 5.41) is 22.5. The highest BCUT2D eigenvalue weighted by Crippen LogP contribution is 2.39. The second-order valence-corrected chi connectivity index (χ2v) is 8.47. The van der Waals surface area contributed by atoms with Crippen LogP contribution in [-0.2, 0) is 12.8 Å². The number of nitrogens with one attached hydrogen (secondary N) is 2. The number of carbonyl (C=O) groups excluding carboxylic acids is 1. The number of nitriles is 2. The van der Waals surface area contributed by atoms with Gasteiger partial charge < -0.3 is 10.3 Å². The zero-order valence-electron chi connectivity index (χ0n) is 18.1. The molecular weight excluding hydrogens is 398 g/mol. The Labute approximate surface area is 187 Å². The summed E-state index contributed by atoms with van der Waals surface area (Å²) in [6.45, 7) is 3.24. The normalized spacial score (nSPS) is 20.3. The number of ketones is 1. The van der Waals surface area contributed by atoms with Gasteiger partial charge in [-0.1, -0.05) is 36.4 Å². The van der Waals surface area contributed by atoms with Crippen molar-refractivity contribution in [2.75, 3.05) is 13.1 Å². The minimum absolute atomic E-state index is 0.0779. The van der Waals surface area contributed by atoms with Crippen molar-refractivity contribution in [3.05, 3.63) is 88.5 Å². The minimum atomic E-state index is -0.757. The zero-order chi connectivity index (χ0) is 22.6. The lowest BCUT2D eigenvalue weighted by Gasteiger charge is -2.38. The molecule has 1 fully saturated rings. The lowest BCUT2D eigenvalue weighted by atomic mass is 9.66. The van der Waals surface area contributed by atoms with E-state index in [-0.39, 0.29) is 5.78 Å². The zero-order valence-corrected chi connectivity index (χ0v) is 18.1. The van der Waals surface area contributed by atoms with Crippen LogP contribution in [0.2, 0.25) is 0 Å². The van der Waals surface area contributed by atoms with Crippen LogP contribution >= 0.6 is 0 Å². The summed E-state index contributed by atoms with van der Waals surface area (Å²) in [6.07, 6.45) is 3.29. The molecule has 1 saturated heterocycles. The number of hydrogen-bond donors (Lipinski definition) is 2. The average Bonchev–Trinajstić information content (AvgIpc) is 3.29. The molecule has 2 aromatic carbocycles. The van der Waals surface area contributed by atoms with E-state index in [4.69, 9.17) is 5.26 Å². The molecule has 0 aliphatic carbocycles. The predicted octanol–water partition coefficient (Wildman–Crippen LogP) is 3.73. The predicted molar refractivity (Wildman–Crippen MR) is 121 cm³/mol. The maximum Gasteiger partial charge on any atom is 0.186 e. The molecule has 0 saturated carbocycles. The van der Waals surface area contributed by atoms with E-state index in [1.165, 1.54) is 0 Å². The fraction of sp³-hybridized carbons (Fsp3) is 0.308. The molecule has 0 radical (unpaired) electrons. The third-order valence-corrected chi connectivity index (χ3v) is 6.42. The number of H-pyrrole nitrogens is 1. The number of carbonyl (C=O) groups is 1. The SMILES string of the molecule is Cc1ccccc1CC1(C#N)CCNCC1C(=O)c1cnc(Cc2ccc(C#N)cc2)[nH]1. The molecular formula is C26H25N5O. The van der Waals surface area contributed by atoms with Gasteiger partial charge >= 0.3 is 0 Å². The van der Waals surface area contributed by atoms with Gasteiger partial charge in [0, 0.05) is 13.0 Å². The van der Waals surface area contributed by atoms with Crippen LogP contribution in [0.25, 0.3) is 0 Å². The molecule has 2 N–H and O–H groups in total. The molecule has 3 aromatic rings. The van der Waals surface area contributed by atoms with Crippen molar-refractivity contribution in [1.82, 2.24) is 15.3 Å². The van der Waals surface area contributed by atoms with E-state index < -0.39 is 11.3 Å². The van der Waals surface area contributed by atoms with Crippen molar-refractivity contribution in [3.8, 4) is 12.1 Å². The minimum Gasteiger partial charge on any atom is -0.339 e. The second-order valence-electron chi connectivity index (χ2n) is 8.47. The molecule has 2 unspecified atom stereocenters. The van der Waals surface area contributed by atoms with Crippen LogP contribution in [-0.4, -0.2) is 28.8 Å². The Morgan fingerprint density at radius 3 is 2.69 bits per heavy atom. The van der Waals surface area contributed by atoms with Crippen LogP contribution in [0, 0.1) is 40.9 Å². The monoisotopic (exact) mass is 423 g/mol. The Kier molecular flexibility index (Phi) is 6.16. The van der Waals surface area contributed by atoms with Gasteiger partial charge in [-0.2, -0.15) is 10.5 Å². The Morgan fingerprint density at radius 1 is 1.19 bits per heavy atom. The molecule has 6 nitrogen and oxygen atoms in total. The number of aromatic nitrogens is 2. The Hall–Kier alpha value is -3.74. The number of imidazole rings is 1. The van der Waals surface area contributed by atoms with Crippen LogP contribution in [0.5, 0.6) is 0 Å². The lowest BCUT2D eigenvalue weighted by Crippen LogP contribution is -2.49. The number of aromatic amines is 1. The van der Waals surface area contributed by atoms with Crippen LogP contribution < -0.4 is 5.32 Å². The van der Waals surface area contributed by atoms with E-state index >= 15 is 0 Å². The highest BCUT2D eigenvalue weighted by atomic mass is 16.1. The van der Waals surface area contributed by atoms with Crippen LogP contribution in [0.15, 0.2) is 54.7 Å². The fourth-order valence-electron chi connectivity index (χ4n) is 4.46.